The molecule has 11 aromatic rings. The molecule has 0 bridgehead atoms. The molecule has 0 spiro atoms. The molecule has 11 rings (SSSR count). The van der Waals surface area contributed by atoms with E-state index in [0.717, 1.165) is 52.6 Å². The highest BCUT2D eigenvalue weighted by Gasteiger charge is 2.13. The van der Waals surface area contributed by atoms with Crippen LogP contribution in [0.15, 0.2) is 248 Å². The van der Waals surface area contributed by atoms with Crippen molar-refractivity contribution in [1.29, 1.82) is 0 Å². The summed E-state index contributed by atoms with van der Waals surface area (Å²) in [5.41, 5.74) is 23.5. The summed E-state index contributed by atoms with van der Waals surface area (Å²) in [5, 5.41) is 32.7. The number of carbonyl (C=O) groups is 1. The maximum absolute atomic E-state index is 11.3. The quantitative estimate of drug-likeness (QED) is 0.0193. The molecule has 97 heavy (non-hydrogen) atoms. The molecule has 0 radical (unpaired) electrons. The Hall–Kier alpha value is -10.3. The topological polar surface area (TPSA) is 444 Å². The van der Waals surface area contributed by atoms with Gasteiger partial charge in [-0.2, -0.15) is 25.5 Å². The van der Waals surface area contributed by atoms with Crippen molar-refractivity contribution in [3.63, 3.8) is 0 Å². The van der Waals surface area contributed by atoms with Crippen LogP contribution in [0.3, 0.4) is 0 Å². The second kappa shape index (κ2) is 33.4. The van der Waals surface area contributed by atoms with Gasteiger partial charge in [0.2, 0.25) is 0 Å². The van der Waals surface area contributed by atoms with Gasteiger partial charge in [-0.1, -0.05) is 5.11 Å². The first-order valence-corrected chi connectivity index (χ1v) is 39.2. The van der Waals surface area contributed by atoms with E-state index in [0.29, 0.717) is 50.0 Å². The van der Waals surface area contributed by atoms with Crippen LogP contribution in [0.5, 0.6) is 0 Å². The SMILES string of the molecule is CS(=O)(=O)c1ccc(-n2cc(C=O)cn2)cc1.CS(=O)(=O)c1ccc(-n2cc(CN)cn2)cc1.CS(=O)(=O)c1ccc(-n2cc(CN=[N+]=[N-])cn2)cc1.CS(=O)(=O)c1ccc(-n2cc(CO)cn2)cc1.CS(=O)(=O)c1ccc(-n2cccn2)cc1.CS(=O)(=O)c1ccc(NN)cc1. The average molecular weight is 1440 g/mol. The lowest BCUT2D eigenvalue weighted by Gasteiger charge is -2.02. The number of hydrazine groups is 1. The van der Waals surface area contributed by atoms with Gasteiger partial charge in [-0.05, 0) is 163 Å². The van der Waals surface area contributed by atoms with E-state index in [1.807, 2.05) is 12.3 Å². The molecule has 0 amide bonds. The number of sulfone groups is 6. The number of nitrogens with one attached hydrogen (secondary N) is 1. The average Bonchev–Trinajstić information content (AvgIpc) is 1.84. The van der Waals surface area contributed by atoms with Gasteiger partial charge in [-0.25, -0.2) is 73.9 Å². The maximum atomic E-state index is 11.3. The highest BCUT2D eigenvalue weighted by molar-refractivity contribution is 7.92. The molecular weight excluding hydrogens is 1370 g/mol. The maximum Gasteiger partial charge on any atom is 0.175 e. The number of carbonyl (C=O) groups excluding carboxylic acids is 1. The van der Waals surface area contributed by atoms with Crippen molar-refractivity contribution in [2.45, 2.75) is 49.1 Å². The van der Waals surface area contributed by atoms with Crippen LogP contribution in [0, 0.1) is 0 Å². The van der Waals surface area contributed by atoms with Crippen LogP contribution in [-0.4, -0.2) is 148 Å². The second-order valence-corrected chi connectivity index (χ2v) is 32.8. The van der Waals surface area contributed by atoms with Gasteiger partial charge >= 0.3 is 0 Å². The molecule has 0 aliphatic rings. The summed E-state index contributed by atoms with van der Waals surface area (Å²) in [6, 6.07) is 40.3. The predicted octanol–water partition coefficient (Wildman–Crippen LogP) is 6.33. The Morgan fingerprint density at radius 1 is 0.443 bits per heavy atom. The zero-order chi connectivity index (χ0) is 71.4. The van der Waals surface area contributed by atoms with E-state index in [4.69, 9.17) is 22.2 Å². The molecule has 0 aliphatic heterocycles. The number of anilines is 1. The number of azide groups is 1. The zero-order valence-corrected chi connectivity index (χ0v) is 57.5. The highest BCUT2D eigenvalue weighted by Crippen LogP contribution is 2.19. The lowest BCUT2D eigenvalue weighted by atomic mass is 10.3. The second-order valence-electron chi connectivity index (χ2n) is 20.7. The smallest absolute Gasteiger partial charge is 0.175 e. The van der Waals surface area contributed by atoms with Crippen molar-refractivity contribution in [3.8, 4) is 28.4 Å². The molecule has 0 fully saturated rings. The van der Waals surface area contributed by atoms with Crippen LogP contribution in [0.4, 0.5) is 5.69 Å². The minimum Gasteiger partial charge on any atom is -0.392 e. The number of nitrogens with two attached hydrogens (primary N) is 2. The summed E-state index contributed by atoms with van der Waals surface area (Å²) in [4.78, 5) is 14.9. The standard InChI is InChI=1S/C11H11N5O2S.C11H13N3O2S.C11H12N2O3S.C11H10N2O3S.C10H10N2O2S.C7H10N2O2S/c1-19(17,18)11-4-2-10(3-5-11)16-8-9(7-14-16)6-13-15-12;1-17(15,16)11-4-2-10(3-5-11)14-8-9(6-12)7-13-14;2*1-17(15,16)11-4-2-10(3-5-11)13-7-9(8-14)6-12-13;1-15(13,14)10-5-3-9(4-6-10)12-8-2-7-11-12;1-12(10,11)7-4-2-6(9-8)3-5-7/h2-5,7-8H,6H2,1H3;2-5,7-8H,6,12H2,1H3;2-7,14H,8H2,1H3;2-8H,1H3;2-8H,1H3;2-5,9H,8H2,1H3. The fourth-order valence-electron chi connectivity index (χ4n) is 7.87. The summed E-state index contributed by atoms with van der Waals surface area (Å²) >= 11 is 0. The molecule has 0 saturated carbocycles. The Bertz CT molecular complexity index is 5070. The highest BCUT2D eigenvalue weighted by atomic mass is 32.2. The molecule has 36 heteroatoms. The fourth-order valence-corrected chi connectivity index (χ4v) is 11.7. The van der Waals surface area contributed by atoms with Gasteiger partial charge in [0.15, 0.2) is 65.3 Å². The lowest BCUT2D eigenvalue weighted by Crippen LogP contribution is -2.06. The number of rotatable bonds is 17. The molecular formula is C61H66N16O14S6. The Balaban J connectivity index is 0.000000185. The van der Waals surface area contributed by atoms with E-state index in [2.05, 4.69) is 40.9 Å². The minimum atomic E-state index is -3.19. The van der Waals surface area contributed by atoms with Crippen molar-refractivity contribution in [1.82, 2.24) is 48.9 Å². The van der Waals surface area contributed by atoms with Crippen LogP contribution >= 0.6 is 0 Å². The number of hydrogen-bond acceptors (Lipinski definition) is 23. The Labute approximate surface area is 560 Å². The van der Waals surface area contributed by atoms with Crippen LogP contribution in [0.25, 0.3) is 38.9 Å². The molecule has 0 saturated heterocycles. The van der Waals surface area contributed by atoms with Gasteiger partial charge in [-0.15, -0.1) is 0 Å². The summed E-state index contributed by atoms with van der Waals surface area (Å²) < 4.78 is 143. The molecule has 6 aromatic carbocycles. The van der Waals surface area contributed by atoms with E-state index in [1.165, 1.54) is 78.2 Å². The molecule has 510 valence electrons. The van der Waals surface area contributed by atoms with Gasteiger partial charge in [-0.3, -0.25) is 10.6 Å². The van der Waals surface area contributed by atoms with Gasteiger partial charge in [0.05, 0.1) is 101 Å². The Kier molecular flexibility index (Phi) is 26.1. The van der Waals surface area contributed by atoms with Gasteiger partial charge in [0, 0.05) is 103 Å². The third-order valence-electron chi connectivity index (χ3n) is 13.0. The molecule has 5 aromatic heterocycles. The fraction of sp³-hybridized carbons (Fsp3) is 0.148. The van der Waals surface area contributed by atoms with Crippen LogP contribution < -0.4 is 17.0 Å². The van der Waals surface area contributed by atoms with Crippen molar-refractivity contribution in [3.05, 3.63) is 246 Å². The number of aliphatic hydroxyl groups is 1. The number of nitrogen functional groups attached to an aromatic ring is 1. The summed E-state index contributed by atoms with van der Waals surface area (Å²) in [7, 11) is -18.9. The monoisotopic (exact) mass is 1440 g/mol. The molecule has 5 heterocycles. The summed E-state index contributed by atoms with van der Waals surface area (Å²) in [6.45, 7) is 0.598. The van der Waals surface area contributed by atoms with Gasteiger partial charge in [0.25, 0.3) is 0 Å². The van der Waals surface area contributed by atoms with Crippen molar-refractivity contribution in [2.24, 2.45) is 16.7 Å². The van der Waals surface area contributed by atoms with Crippen LogP contribution in [0.2, 0.25) is 0 Å². The van der Waals surface area contributed by atoms with Crippen LogP contribution in [-0.2, 0) is 78.7 Å². The third-order valence-corrected chi connectivity index (χ3v) is 19.8. The predicted molar refractivity (Wildman–Crippen MR) is 363 cm³/mol. The molecule has 0 atom stereocenters. The Morgan fingerprint density at radius 3 is 1.01 bits per heavy atom. The molecule has 6 N–H and O–H groups in total. The normalized spacial score (nSPS) is 11.4. The number of nitrogens with zero attached hydrogens (tertiary/aromatic N) is 13. The Morgan fingerprint density at radius 2 is 0.742 bits per heavy atom. The van der Waals surface area contributed by atoms with Crippen molar-refractivity contribution >= 4 is 71.0 Å². The number of hydrogen-bond donors (Lipinski definition) is 4. The van der Waals surface area contributed by atoms with Crippen molar-refractivity contribution in [2.75, 3.05) is 43.0 Å². The number of benzene rings is 6. The van der Waals surface area contributed by atoms with Crippen molar-refractivity contribution < 1.29 is 60.4 Å². The molecule has 0 unspecified atom stereocenters. The van der Waals surface area contributed by atoms with Gasteiger partial charge < -0.3 is 16.3 Å². The van der Waals surface area contributed by atoms with E-state index in [1.54, 1.807) is 165 Å². The van der Waals surface area contributed by atoms with E-state index in [9.17, 15) is 55.3 Å². The van der Waals surface area contributed by atoms with E-state index in [-0.39, 0.29) is 27.8 Å². The first kappa shape index (κ1) is 75.8. The van der Waals surface area contributed by atoms with Crippen LogP contribution in [0.1, 0.15) is 27.0 Å². The molecule has 30 nitrogen and oxygen atoms in total. The summed E-state index contributed by atoms with van der Waals surface area (Å²) in [6.07, 6.45) is 24.3. The van der Waals surface area contributed by atoms with Gasteiger partial charge in [0.1, 0.15) is 0 Å². The number of aromatic nitrogens is 10. The zero-order valence-electron chi connectivity index (χ0n) is 52.6. The van der Waals surface area contributed by atoms with E-state index < -0.39 is 59.0 Å². The van der Waals surface area contributed by atoms with E-state index >= 15 is 0 Å². The molecule has 0 aliphatic carbocycles. The largest absolute Gasteiger partial charge is 0.392 e. The first-order valence-electron chi connectivity index (χ1n) is 27.8. The minimum absolute atomic E-state index is 0.0680. The lowest BCUT2D eigenvalue weighted by molar-refractivity contribution is 0.112. The number of aldehydes is 1. The summed E-state index contributed by atoms with van der Waals surface area (Å²) in [5.74, 6) is 5.11. The third kappa shape index (κ3) is 23.3. The number of aliphatic hydroxyl groups excluding tert-OH is 1. The first-order chi connectivity index (χ1) is 45.6.